The molecule has 0 fully saturated rings. The van der Waals surface area contributed by atoms with Gasteiger partial charge < -0.3 is 5.11 Å². The summed E-state index contributed by atoms with van der Waals surface area (Å²) >= 11 is 0. The fourth-order valence-electron chi connectivity index (χ4n) is 4.26. The standard InChI is InChI=1S/C24H50O/c1-5-9-12-14-16-18-21-24(25,23(8-4)20-11-7-3)22-19-17-15-13-10-6-2/h23,25H,5-22H2,1-4H3. The van der Waals surface area contributed by atoms with Crippen molar-refractivity contribution in [2.45, 2.75) is 149 Å². The molecule has 152 valence electrons. The Kier molecular flexibility index (Phi) is 17.3. The number of unbranched alkanes of at least 4 members (excludes halogenated alkanes) is 11. The summed E-state index contributed by atoms with van der Waals surface area (Å²) in [4.78, 5) is 0. The molecule has 0 bridgehead atoms. The third kappa shape index (κ3) is 12.9. The van der Waals surface area contributed by atoms with Crippen LogP contribution in [-0.4, -0.2) is 10.7 Å². The van der Waals surface area contributed by atoms with Crippen LogP contribution in [0.3, 0.4) is 0 Å². The van der Waals surface area contributed by atoms with Crippen molar-refractivity contribution in [1.29, 1.82) is 0 Å². The summed E-state index contributed by atoms with van der Waals surface area (Å²) < 4.78 is 0. The summed E-state index contributed by atoms with van der Waals surface area (Å²) in [6.45, 7) is 9.11. The Bertz CT molecular complexity index is 245. The topological polar surface area (TPSA) is 20.2 Å². The highest BCUT2D eigenvalue weighted by Gasteiger charge is 2.33. The molecule has 1 nitrogen and oxygen atoms in total. The second-order valence-corrected chi connectivity index (χ2v) is 8.39. The lowest BCUT2D eigenvalue weighted by Gasteiger charge is -2.37. The minimum Gasteiger partial charge on any atom is -0.390 e. The van der Waals surface area contributed by atoms with Crippen LogP contribution >= 0.6 is 0 Å². The van der Waals surface area contributed by atoms with E-state index in [-0.39, 0.29) is 5.60 Å². The summed E-state index contributed by atoms with van der Waals surface area (Å²) in [5.74, 6) is 0.513. The van der Waals surface area contributed by atoms with Crippen molar-refractivity contribution in [3.8, 4) is 0 Å². The second kappa shape index (κ2) is 17.4. The number of aliphatic hydroxyl groups is 1. The summed E-state index contributed by atoms with van der Waals surface area (Å²) in [7, 11) is 0. The Morgan fingerprint density at radius 1 is 0.560 bits per heavy atom. The second-order valence-electron chi connectivity index (χ2n) is 8.39. The minimum absolute atomic E-state index is 0.389. The average molecular weight is 355 g/mol. The van der Waals surface area contributed by atoms with Crippen LogP contribution in [-0.2, 0) is 0 Å². The van der Waals surface area contributed by atoms with E-state index in [2.05, 4.69) is 27.7 Å². The monoisotopic (exact) mass is 354 g/mol. The van der Waals surface area contributed by atoms with Gasteiger partial charge in [-0.1, -0.05) is 124 Å². The Morgan fingerprint density at radius 3 is 1.36 bits per heavy atom. The zero-order valence-electron chi connectivity index (χ0n) is 18.3. The van der Waals surface area contributed by atoms with E-state index in [0.717, 1.165) is 19.3 Å². The van der Waals surface area contributed by atoms with Crippen molar-refractivity contribution in [1.82, 2.24) is 0 Å². The lowest BCUT2D eigenvalue weighted by molar-refractivity contribution is -0.0431. The smallest absolute Gasteiger partial charge is 0.0675 e. The van der Waals surface area contributed by atoms with Crippen molar-refractivity contribution in [3.05, 3.63) is 0 Å². The van der Waals surface area contributed by atoms with E-state index >= 15 is 0 Å². The third-order valence-corrected chi connectivity index (χ3v) is 6.09. The average Bonchev–Trinajstić information content (AvgIpc) is 2.61. The summed E-state index contributed by atoms with van der Waals surface area (Å²) in [5.41, 5.74) is -0.389. The highest BCUT2D eigenvalue weighted by molar-refractivity contribution is 4.86. The number of hydrogen-bond donors (Lipinski definition) is 1. The lowest BCUT2D eigenvalue weighted by atomic mass is 9.75. The Labute approximate surface area is 160 Å². The first-order valence-corrected chi connectivity index (χ1v) is 11.9. The molecule has 1 atom stereocenters. The zero-order valence-corrected chi connectivity index (χ0v) is 18.3. The van der Waals surface area contributed by atoms with Crippen LogP contribution in [0.4, 0.5) is 0 Å². The van der Waals surface area contributed by atoms with E-state index in [9.17, 15) is 5.11 Å². The molecule has 0 radical (unpaired) electrons. The van der Waals surface area contributed by atoms with Crippen LogP contribution in [0.25, 0.3) is 0 Å². The maximum absolute atomic E-state index is 11.5. The molecule has 1 N–H and O–H groups in total. The van der Waals surface area contributed by atoms with Gasteiger partial charge in [0.25, 0.3) is 0 Å². The van der Waals surface area contributed by atoms with Crippen molar-refractivity contribution in [3.63, 3.8) is 0 Å². The molecule has 1 heteroatoms. The van der Waals surface area contributed by atoms with Crippen LogP contribution in [0.2, 0.25) is 0 Å². The molecule has 0 aromatic heterocycles. The maximum atomic E-state index is 11.5. The largest absolute Gasteiger partial charge is 0.390 e. The van der Waals surface area contributed by atoms with Crippen molar-refractivity contribution in [2.24, 2.45) is 5.92 Å². The van der Waals surface area contributed by atoms with Gasteiger partial charge >= 0.3 is 0 Å². The van der Waals surface area contributed by atoms with E-state index in [1.165, 1.54) is 96.3 Å². The van der Waals surface area contributed by atoms with Gasteiger partial charge in [0.15, 0.2) is 0 Å². The van der Waals surface area contributed by atoms with Gasteiger partial charge in [0, 0.05) is 0 Å². The quantitative estimate of drug-likeness (QED) is 0.231. The van der Waals surface area contributed by atoms with E-state index in [1.807, 2.05) is 0 Å². The molecule has 0 saturated carbocycles. The molecular formula is C24H50O. The minimum atomic E-state index is -0.389. The SMILES string of the molecule is CCCCCCCCC(O)(CCCCCCCC)C(CC)CCCC. The van der Waals surface area contributed by atoms with Gasteiger partial charge in [0.1, 0.15) is 0 Å². The van der Waals surface area contributed by atoms with Crippen molar-refractivity contribution < 1.29 is 5.11 Å². The van der Waals surface area contributed by atoms with E-state index in [0.29, 0.717) is 5.92 Å². The normalized spacial score (nSPS) is 13.3. The first-order valence-electron chi connectivity index (χ1n) is 11.9. The van der Waals surface area contributed by atoms with Crippen LogP contribution in [0, 0.1) is 5.92 Å². The van der Waals surface area contributed by atoms with Crippen LogP contribution in [0.15, 0.2) is 0 Å². The van der Waals surface area contributed by atoms with E-state index < -0.39 is 0 Å². The van der Waals surface area contributed by atoms with Crippen molar-refractivity contribution in [2.75, 3.05) is 0 Å². The van der Waals surface area contributed by atoms with E-state index in [1.54, 1.807) is 0 Å². The molecule has 0 aliphatic rings. The molecule has 0 rings (SSSR count). The molecule has 1 unspecified atom stereocenters. The zero-order chi connectivity index (χ0) is 18.8. The molecule has 0 aliphatic heterocycles. The Balaban J connectivity index is 4.36. The first-order chi connectivity index (χ1) is 12.1. The predicted molar refractivity (Wildman–Crippen MR) is 114 cm³/mol. The summed E-state index contributed by atoms with van der Waals surface area (Å²) in [6, 6.07) is 0. The molecule has 0 heterocycles. The Hall–Kier alpha value is -0.0400. The van der Waals surface area contributed by atoms with Crippen LogP contribution < -0.4 is 0 Å². The summed E-state index contributed by atoms with van der Waals surface area (Å²) in [6.07, 6.45) is 22.8. The van der Waals surface area contributed by atoms with Gasteiger partial charge in [-0.3, -0.25) is 0 Å². The van der Waals surface area contributed by atoms with Gasteiger partial charge in [-0.15, -0.1) is 0 Å². The number of hydrogen-bond acceptors (Lipinski definition) is 1. The molecule has 0 aromatic carbocycles. The maximum Gasteiger partial charge on any atom is 0.0675 e. The molecular weight excluding hydrogens is 304 g/mol. The molecule has 0 aliphatic carbocycles. The fourth-order valence-corrected chi connectivity index (χ4v) is 4.26. The van der Waals surface area contributed by atoms with Crippen molar-refractivity contribution >= 4 is 0 Å². The predicted octanol–water partition coefficient (Wildman–Crippen LogP) is 8.44. The van der Waals surface area contributed by atoms with Crippen LogP contribution in [0.1, 0.15) is 143 Å². The third-order valence-electron chi connectivity index (χ3n) is 6.09. The molecule has 0 amide bonds. The van der Waals surface area contributed by atoms with Gasteiger partial charge in [0.2, 0.25) is 0 Å². The van der Waals surface area contributed by atoms with Gasteiger partial charge in [-0.2, -0.15) is 0 Å². The first kappa shape index (κ1) is 25.0. The molecule has 25 heavy (non-hydrogen) atoms. The highest BCUT2D eigenvalue weighted by Crippen LogP contribution is 2.35. The van der Waals surface area contributed by atoms with Gasteiger partial charge in [0.05, 0.1) is 5.60 Å². The number of rotatable bonds is 19. The molecule has 0 saturated heterocycles. The fraction of sp³-hybridized carbons (Fsp3) is 1.00. The summed E-state index contributed by atoms with van der Waals surface area (Å²) in [5, 5.41) is 11.5. The van der Waals surface area contributed by atoms with Gasteiger partial charge in [-0.05, 0) is 25.2 Å². The highest BCUT2D eigenvalue weighted by atomic mass is 16.3. The Morgan fingerprint density at radius 2 is 0.960 bits per heavy atom. The van der Waals surface area contributed by atoms with E-state index in [4.69, 9.17) is 0 Å². The van der Waals surface area contributed by atoms with Gasteiger partial charge in [-0.25, -0.2) is 0 Å². The molecule has 0 aromatic rings. The lowest BCUT2D eigenvalue weighted by Crippen LogP contribution is -2.38. The van der Waals surface area contributed by atoms with Crippen LogP contribution in [0.5, 0.6) is 0 Å². The molecule has 0 spiro atoms.